The number of rotatable bonds is 6. The molecule has 1 aromatic carbocycles. The maximum Gasteiger partial charge on any atom is 0.295 e. The normalized spacial score (nSPS) is 18.7. The van der Waals surface area contributed by atoms with Gasteiger partial charge in [-0.2, -0.15) is 0 Å². The Balaban J connectivity index is 2.16. The first-order valence-corrected chi connectivity index (χ1v) is 9.45. The van der Waals surface area contributed by atoms with E-state index in [1.807, 2.05) is 6.92 Å². The number of carbonyl (C=O) groups excluding carboxylic acids is 2. The maximum atomic E-state index is 12.8. The zero-order chi connectivity index (χ0) is 20.4. The number of halogens is 1. The molecule has 1 amide bonds. The number of aliphatic hydroxyl groups is 1. The molecule has 148 valence electrons. The third kappa shape index (κ3) is 3.52. The van der Waals surface area contributed by atoms with Gasteiger partial charge in [0.05, 0.1) is 17.7 Å². The van der Waals surface area contributed by atoms with Crippen LogP contribution in [0.2, 0.25) is 5.02 Å². The molecule has 2 heterocycles. The number of aryl methyl sites for hydroxylation is 1. The molecule has 1 unspecified atom stereocenters. The van der Waals surface area contributed by atoms with Crippen molar-refractivity contribution in [1.82, 2.24) is 4.90 Å². The molecule has 0 spiro atoms. The molecule has 6 nitrogen and oxygen atoms in total. The van der Waals surface area contributed by atoms with Gasteiger partial charge in [-0.05, 0) is 43.7 Å². The van der Waals surface area contributed by atoms with E-state index in [1.165, 1.54) is 18.1 Å². The van der Waals surface area contributed by atoms with E-state index in [9.17, 15) is 14.7 Å². The smallest absolute Gasteiger partial charge is 0.295 e. The van der Waals surface area contributed by atoms with Gasteiger partial charge in [0.25, 0.3) is 11.7 Å². The van der Waals surface area contributed by atoms with Crippen LogP contribution >= 0.6 is 11.6 Å². The molecule has 3 rings (SSSR count). The topological polar surface area (TPSA) is 80.0 Å². The number of benzene rings is 1. The number of hydrogen-bond donors (Lipinski definition) is 1. The molecule has 1 atom stereocenters. The van der Waals surface area contributed by atoms with Crippen molar-refractivity contribution >= 4 is 29.1 Å². The fourth-order valence-electron chi connectivity index (χ4n) is 3.30. The predicted octanol–water partition coefficient (Wildman–Crippen LogP) is 4.47. The van der Waals surface area contributed by atoms with Crippen LogP contribution in [0.5, 0.6) is 5.75 Å². The first-order chi connectivity index (χ1) is 13.4. The lowest BCUT2D eigenvalue weighted by molar-refractivity contribution is -0.140. The highest BCUT2D eigenvalue weighted by Gasteiger charge is 2.47. The number of ether oxygens (including phenoxy) is 1. The number of methoxy groups -OCH3 is 1. The number of carbonyl (C=O) groups is 2. The van der Waals surface area contributed by atoms with Gasteiger partial charge in [0.1, 0.15) is 29.1 Å². The summed E-state index contributed by atoms with van der Waals surface area (Å²) in [5, 5.41) is 11.3. The number of amides is 1. The van der Waals surface area contributed by atoms with Crippen LogP contribution in [-0.4, -0.2) is 35.4 Å². The van der Waals surface area contributed by atoms with Crippen LogP contribution < -0.4 is 4.74 Å². The van der Waals surface area contributed by atoms with Crippen molar-refractivity contribution in [2.24, 2.45) is 0 Å². The molecule has 0 saturated carbocycles. The minimum absolute atomic E-state index is 0.000159. The summed E-state index contributed by atoms with van der Waals surface area (Å²) in [4.78, 5) is 26.9. The average molecular weight is 404 g/mol. The highest BCUT2D eigenvalue weighted by atomic mass is 35.5. The number of nitrogens with zero attached hydrogens (tertiary/aromatic N) is 1. The molecule has 0 bridgehead atoms. The SMILES string of the molecule is CCCCN1C(=O)C(=O)/C(=C(\O)c2ccc(Cl)c(OC)c2)C1c1ccc(C)o1. The Morgan fingerprint density at radius 3 is 2.64 bits per heavy atom. The van der Waals surface area contributed by atoms with Crippen LogP contribution in [0.4, 0.5) is 0 Å². The van der Waals surface area contributed by atoms with E-state index in [0.29, 0.717) is 34.4 Å². The van der Waals surface area contributed by atoms with Gasteiger partial charge in [0, 0.05) is 12.1 Å². The van der Waals surface area contributed by atoms with Crippen LogP contribution in [-0.2, 0) is 9.59 Å². The molecule has 1 N–H and O–H groups in total. The van der Waals surface area contributed by atoms with Crippen molar-refractivity contribution in [3.63, 3.8) is 0 Å². The Morgan fingerprint density at radius 2 is 2.04 bits per heavy atom. The molecule has 1 aliphatic heterocycles. The summed E-state index contributed by atoms with van der Waals surface area (Å²) >= 11 is 6.05. The molecule has 1 aliphatic rings. The van der Waals surface area contributed by atoms with Crippen LogP contribution in [0, 0.1) is 6.92 Å². The van der Waals surface area contributed by atoms with Gasteiger partial charge >= 0.3 is 0 Å². The number of Topliss-reactive ketones (excluding diaryl/α,β-unsaturated/α-hetero) is 1. The Bertz CT molecular complexity index is 946. The van der Waals surface area contributed by atoms with Gasteiger partial charge < -0.3 is 19.2 Å². The van der Waals surface area contributed by atoms with Gasteiger partial charge in [-0.1, -0.05) is 24.9 Å². The predicted molar refractivity (Wildman–Crippen MR) is 105 cm³/mol. The quantitative estimate of drug-likeness (QED) is 0.437. The number of furan rings is 1. The molecular weight excluding hydrogens is 382 g/mol. The summed E-state index contributed by atoms with van der Waals surface area (Å²) in [7, 11) is 1.46. The monoisotopic (exact) mass is 403 g/mol. The van der Waals surface area contributed by atoms with E-state index in [4.69, 9.17) is 20.8 Å². The average Bonchev–Trinajstić information content (AvgIpc) is 3.21. The molecule has 7 heteroatoms. The number of likely N-dealkylation sites (tertiary alicyclic amines) is 1. The van der Waals surface area contributed by atoms with Crippen molar-refractivity contribution in [2.75, 3.05) is 13.7 Å². The zero-order valence-electron chi connectivity index (χ0n) is 16.0. The fraction of sp³-hybridized carbons (Fsp3) is 0.333. The van der Waals surface area contributed by atoms with E-state index in [2.05, 4.69) is 0 Å². The molecular formula is C21H22ClNO5. The Kier molecular flexibility index (Phi) is 5.79. The van der Waals surface area contributed by atoms with E-state index in [1.54, 1.807) is 31.2 Å². The summed E-state index contributed by atoms with van der Waals surface area (Å²) in [5.41, 5.74) is 0.336. The molecule has 1 fully saturated rings. The van der Waals surface area contributed by atoms with Gasteiger partial charge in [0.2, 0.25) is 0 Å². The molecule has 0 aliphatic carbocycles. The Hall–Kier alpha value is -2.73. The lowest BCUT2D eigenvalue weighted by Crippen LogP contribution is -2.30. The number of unbranched alkanes of at least 4 members (excludes halogenated alkanes) is 1. The summed E-state index contributed by atoms with van der Waals surface area (Å²) in [5.74, 6) is -0.209. The largest absolute Gasteiger partial charge is 0.507 e. The lowest BCUT2D eigenvalue weighted by atomic mass is 9.99. The highest BCUT2D eigenvalue weighted by Crippen LogP contribution is 2.41. The first kappa shape index (κ1) is 20.0. The minimum Gasteiger partial charge on any atom is -0.507 e. The van der Waals surface area contributed by atoms with Gasteiger partial charge in [-0.3, -0.25) is 9.59 Å². The molecule has 1 saturated heterocycles. The highest BCUT2D eigenvalue weighted by molar-refractivity contribution is 6.46. The fourth-order valence-corrected chi connectivity index (χ4v) is 3.49. The van der Waals surface area contributed by atoms with Crippen LogP contribution in [0.25, 0.3) is 5.76 Å². The molecule has 0 radical (unpaired) electrons. The third-order valence-corrected chi connectivity index (χ3v) is 5.06. The summed E-state index contributed by atoms with van der Waals surface area (Å²) in [6, 6.07) is 7.38. The van der Waals surface area contributed by atoms with Gasteiger partial charge in [0.15, 0.2) is 0 Å². The van der Waals surface area contributed by atoms with E-state index >= 15 is 0 Å². The molecule has 28 heavy (non-hydrogen) atoms. The summed E-state index contributed by atoms with van der Waals surface area (Å²) < 4.78 is 10.9. The first-order valence-electron chi connectivity index (χ1n) is 9.07. The second kappa shape index (κ2) is 8.10. The minimum atomic E-state index is -0.776. The third-order valence-electron chi connectivity index (χ3n) is 4.75. The number of ketones is 1. The number of hydrogen-bond acceptors (Lipinski definition) is 5. The summed E-state index contributed by atoms with van der Waals surface area (Å²) in [6.07, 6.45) is 1.60. The van der Waals surface area contributed by atoms with Crippen LogP contribution in [0.15, 0.2) is 40.3 Å². The van der Waals surface area contributed by atoms with Crippen molar-refractivity contribution < 1.29 is 23.8 Å². The maximum absolute atomic E-state index is 12.8. The molecule has 2 aromatic rings. The van der Waals surface area contributed by atoms with Crippen LogP contribution in [0.1, 0.15) is 42.9 Å². The van der Waals surface area contributed by atoms with Crippen molar-refractivity contribution in [3.8, 4) is 5.75 Å². The van der Waals surface area contributed by atoms with E-state index in [0.717, 1.165) is 12.8 Å². The van der Waals surface area contributed by atoms with Gasteiger partial charge in [-0.15, -0.1) is 0 Å². The zero-order valence-corrected chi connectivity index (χ0v) is 16.7. The van der Waals surface area contributed by atoms with Crippen molar-refractivity contribution in [1.29, 1.82) is 0 Å². The van der Waals surface area contributed by atoms with Gasteiger partial charge in [-0.25, -0.2) is 0 Å². The van der Waals surface area contributed by atoms with Crippen molar-refractivity contribution in [2.45, 2.75) is 32.7 Å². The Labute approximate surface area is 168 Å². The van der Waals surface area contributed by atoms with Crippen molar-refractivity contribution in [3.05, 3.63) is 58.0 Å². The second-order valence-corrected chi connectivity index (χ2v) is 7.05. The van der Waals surface area contributed by atoms with E-state index in [-0.39, 0.29) is 11.3 Å². The lowest BCUT2D eigenvalue weighted by Gasteiger charge is -2.23. The van der Waals surface area contributed by atoms with Crippen LogP contribution in [0.3, 0.4) is 0 Å². The Morgan fingerprint density at radius 1 is 1.29 bits per heavy atom. The van der Waals surface area contributed by atoms with E-state index < -0.39 is 17.7 Å². The second-order valence-electron chi connectivity index (χ2n) is 6.64. The molecule has 1 aromatic heterocycles. The number of aliphatic hydroxyl groups excluding tert-OH is 1. The standard InChI is InChI=1S/C21H22ClNO5/c1-4-5-10-23-18(15-9-6-12(2)28-15)17(20(25)21(23)26)19(24)13-7-8-14(22)16(11-13)27-3/h6-9,11,18,24H,4-5,10H2,1-3H3/b19-17-. The summed E-state index contributed by atoms with van der Waals surface area (Å²) in [6.45, 7) is 4.18.